The molecule has 17 heavy (non-hydrogen) atoms. The molecule has 0 spiro atoms. The topological polar surface area (TPSA) is 88.8 Å². The van der Waals surface area contributed by atoms with E-state index in [1.54, 1.807) is 0 Å². The summed E-state index contributed by atoms with van der Waals surface area (Å²) in [5.74, 6) is 5.78. The van der Waals surface area contributed by atoms with E-state index in [1.807, 2.05) is 0 Å². The maximum Gasteiger partial charge on any atom is 0.231 e. The van der Waals surface area contributed by atoms with Crippen LogP contribution in [-0.2, 0) is 0 Å². The molecule has 0 aliphatic heterocycles. The Kier molecular flexibility index (Phi) is 4.34. The van der Waals surface area contributed by atoms with Crippen LogP contribution >= 0.6 is 17.0 Å². The van der Waals surface area contributed by atoms with Crippen molar-refractivity contribution in [1.82, 2.24) is 5.43 Å². The van der Waals surface area contributed by atoms with Crippen LogP contribution in [0.2, 0.25) is 0 Å². The second-order valence-electron chi connectivity index (χ2n) is 4.38. The molecular weight excluding hydrogens is 282 g/mol. The van der Waals surface area contributed by atoms with Gasteiger partial charge in [-0.2, -0.15) is 5.10 Å². The second kappa shape index (κ2) is 5.35. The zero-order chi connectivity index (χ0) is 11.7. The minimum absolute atomic E-state index is 0. The molecule has 0 aromatic heterocycles. The third kappa shape index (κ3) is 2.69. The predicted molar refractivity (Wildman–Crippen MR) is 75.9 cm³/mol. The summed E-state index contributed by atoms with van der Waals surface area (Å²) in [7, 11) is 0. The first-order valence-electron chi connectivity index (χ1n) is 5.36. The number of fused-ring (bicyclic) bond motifs is 1. The van der Waals surface area contributed by atoms with Gasteiger partial charge in [-0.1, -0.05) is 11.6 Å². The molecule has 0 amide bonds. The number of hydrogen-bond donors (Lipinski definition) is 3. The first kappa shape index (κ1) is 13.8. The van der Waals surface area contributed by atoms with Gasteiger partial charge >= 0.3 is 0 Å². The summed E-state index contributed by atoms with van der Waals surface area (Å²) < 4.78 is 0. The van der Waals surface area contributed by atoms with Crippen molar-refractivity contribution in [2.45, 2.75) is 26.7 Å². The van der Waals surface area contributed by atoms with Crippen molar-refractivity contribution in [3.05, 3.63) is 22.8 Å². The number of rotatable bonds is 1. The summed E-state index contributed by atoms with van der Waals surface area (Å²) in [6.45, 7) is 4.30. The van der Waals surface area contributed by atoms with Crippen molar-refractivity contribution >= 4 is 28.7 Å². The Morgan fingerprint density at radius 2 is 2.12 bits per heavy atom. The number of guanidine groups is 1. The van der Waals surface area contributed by atoms with Crippen LogP contribution in [-0.4, -0.2) is 11.7 Å². The van der Waals surface area contributed by atoms with E-state index in [-0.39, 0.29) is 22.9 Å². The van der Waals surface area contributed by atoms with E-state index in [0.29, 0.717) is 5.92 Å². The third-order valence-electron chi connectivity index (χ3n) is 3.06. The van der Waals surface area contributed by atoms with E-state index in [4.69, 9.17) is 11.6 Å². The molecule has 1 fully saturated rings. The van der Waals surface area contributed by atoms with Gasteiger partial charge in [0.05, 0.1) is 5.71 Å². The number of hydrogen-bond acceptors (Lipinski definition) is 3. The molecular formula is C11H18BrN5. The number of nitrogens with two attached hydrogens (primary N) is 2. The minimum Gasteiger partial charge on any atom is -0.367 e. The molecule has 2 aliphatic rings. The van der Waals surface area contributed by atoms with Crippen LogP contribution in [0.1, 0.15) is 26.7 Å². The van der Waals surface area contributed by atoms with Crippen LogP contribution in [0.5, 0.6) is 0 Å². The predicted octanol–water partition coefficient (Wildman–Crippen LogP) is 1.38. The van der Waals surface area contributed by atoms with Gasteiger partial charge in [-0.15, -0.1) is 22.1 Å². The fourth-order valence-corrected chi connectivity index (χ4v) is 2.43. The standard InChI is InChI=1S/C11H17N5.BrH/c1-6-3-7(2)10-8(4-6)5-9(10)15-16-11(12)14-13;/h3,8H,4-5,13H2,1-2H3,(H3,12,14,16);1H. The van der Waals surface area contributed by atoms with Crippen molar-refractivity contribution in [3.8, 4) is 0 Å². The Balaban J connectivity index is 0.00000144. The van der Waals surface area contributed by atoms with Gasteiger partial charge in [0, 0.05) is 0 Å². The lowest BCUT2D eigenvalue weighted by molar-refractivity contribution is 0.580. The highest BCUT2D eigenvalue weighted by molar-refractivity contribution is 8.93. The fourth-order valence-electron chi connectivity index (χ4n) is 2.43. The molecule has 1 atom stereocenters. The largest absolute Gasteiger partial charge is 0.367 e. The number of halogens is 1. The Hall–Kier alpha value is -1.30. The van der Waals surface area contributed by atoms with Crippen molar-refractivity contribution in [1.29, 1.82) is 0 Å². The van der Waals surface area contributed by atoms with E-state index in [0.717, 1.165) is 18.6 Å². The van der Waals surface area contributed by atoms with Gasteiger partial charge in [0.1, 0.15) is 0 Å². The maximum atomic E-state index is 5.40. The highest BCUT2D eigenvalue weighted by atomic mass is 79.9. The molecule has 0 aromatic rings. The van der Waals surface area contributed by atoms with Gasteiger partial charge in [0.2, 0.25) is 5.96 Å². The van der Waals surface area contributed by atoms with Crippen LogP contribution in [0.25, 0.3) is 0 Å². The monoisotopic (exact) mass is 299 g/mol. The van der Waals surface area contributed by atoms with Crippen LogP contribution in [0.3, 0.4) is 0 Å². The van der Waals surface area contributed by atoms with Crippen LogP contribution in [0, 0.1) is 5.92 Å². The Labute approximate surface area is 111 Å². The molecule has 1 unspecified atom stereocenters. The Morgan fingerprint density at radius 3 is 2.71 bits per heavy atom. The molecule has 5 N–H and O–H groups in total. The summed E-state index contributed by atoms with van der Waals surface area (Å²) in [6, 6.07) is 0. The van der Waals surface area contributed by atoms with Crippen molar-refractivity contribution in [3.63, 3.8) is 0 Å². The lowest BCUT2D eigenvalue weighted by Gasteiger charge is -2.36. The lowest BCUT2D eigenvalue weighted by atomic mass is 9.69. The van der Waals surface area contributed by atoms with Crippen LogP contribution in [0.4, 0.5) is 0 Å². The lowest BCUT2D eigenvalue weighted by Crippen LogP contribution is -2.36. The summed E-state index contributed by atoms with van der Waals surface area (Å²) in [5, 5.41) is 7.51. The van der Waals surface area contributed by atoms with Gasteiger partial charge in [-0.3, -0.25) is 0 Å². The molecule has 1 saturated carbocycles. The normalized spacial score (nSPS) is 25.8. The smallest absolute Gasteiger partial charge is 0.231 e. The van der Waals surface area contributed by atoms with E-state index in [9.17, 15) is 0 Å². The number of nitrogens with zero attached hydrogens (tertiary/aromatic N) is 2. The molecule has 6 heteroatoms. The molecule has 0 saturated heterocycles. The SMILES string of the molecule is Br.CC1=CC(C)=C2C(=NNC(N)=NN)CC2C1. The van der Waals surface area contributed by atoms with Gasteiger partial charge in [-0.05, 0) is 43.8 Å². The minimum atomic E-state index is 0. The van der Waals surface area contributed by atoms with Gasteiger partial charge in [-0.25, -0.2) is 5.43 Å². The van der Waals surface area contributed by atoms with E-state index in [1.165, 1.54) is 16.7 Å². The zero-order valence-electron chi connectivity index (χ0n) is 10.0. The summed E-state index contributed by atoms with van der Waals surface area (Å²) in [6.07, 6.45) is 4.37. The Morgan fingerprint density at radius 1 is 1.41 bits per heavy atom. The number of allylic oxidation sites excluding steroid dienone is 4. The molecule has 5 nitrogen and oxygen atoms in total. The molecule has 94 valence electrons. The average Bonchev–Trinajstić information content (AvgIpc) is 2.19. The first-order chi connectivity index (χ1) is 7.61. The quantitative estimate of drug-likeness (QED) is 0.296. The first-order valence-corrected chi connectivity index (χ1v) is 5.36. The second-order valence-corrected chi connectivity index (χ2v) is 4.38. The van der Waals surface area contributed by atoms with Gasteiger partial charge in [0.15, 0.2) is 0 Å². The van der Waals surface area contributed by atoms with Crippen molar-refractivity contribution < 1.29 is 0 Å². The summed E-state index contributed by atoms with van der Waals surface area (Å²) >= 11 is 0. The van der Waals surface area contributed by atoms with E-state index in [2.05, 4.69) is 35.6 Å². The number of nitrogens with one attached hydrogen (secondary N) is 1. The van der Waals surface area contributed by atoms with Crippen molar-refractivity contribution in [2.24, 2.45) is 27.7 Å². The van der Waals surface area contributed by atoms with E-state index >= 15 is 0 Å². The average molecular weight is 300 g/mol. The number of hydrazone groups is 2. The molecule has 2 aliphatic carbocycles. The highest BCUT2D eigenvalue weighted by Gasteiger charge is 2.34. The van der Waals surface area contributed by atoms with Gasteiger partial charge in [0.25, 0.3) is 0 Å². The van der Waals surface area contributed by atoms with Gasteiger partial charge < -0.3 is 11.6 Å². The maximum absolute atomic E-state index is 5.40. The molecule has 0 radical (unpaired) electrons. The molecule has 0 heterocycles. The Bertz CT molecular complexity index is 433. The fraction of sp³-hybridized carbons (Fsp3) is 0.455. The summed E-state index contributed by atoms with van der Waals surface area (Å²) in [5.41, 5.74) is 13.2. The zero-order valence-corrected chi connectivity index (χ0v) is 11.7. The van der Waals surface area contributed by atoms with Crippen LogP contribution in [0.15, 0.2) is 33.0 Å². The van der Waals surface area contributed by atoms with Crippen molar-refractivity contribution in [2.75, 3.05) is 0 Å². The van der Waals surface area contributed by atoms with E-state index < -0.39 is 0 Å². The molecule has 0 bridgehead atoms. The molecule has 0 aromatic carbocycles. The summed E-state index contributed by atoms with van der Waals surface area (Å²) in [4.78, 5) is 0. The third-order valence-corrected chi connectivity index (χ3v) is 3.06. The highest BCUT2D eigenvalue weighted by Crippen LogP contribution is 2.41. The molecule has 2 rings (SSSR count). The van der Waals surface area contributed by atoms with Crippen LogP contribution < -0.4 is 17.0 Å².